The minimum absolute atomic E-state index is 0.109. The second-order valence-corrected chi connectivity index (χ2v) is 21.6. The highest BCUT2D eigenvalue weighted by atomic mass is 16.6. The zero-order chi connectivity index (χ0) is 58.5. The van der Waals surface area contributed by atoms with E-state index in [0.29, 0.717) is 19.3 Å². The summed E-state index contributed by atoms with van der Waals surface area (Å²) in [4.78, 5) is 38.3. The molecule has 0 saturated carbocycles. The molecule has 6 heteroatoms. The van der Waals surface area contributed by atoms with Crippen molar-refractivity contribution in [3.63, 3.8) is 0 Å². The molecule has 81 heavy (non-hydrogen) atoms. The molecule has 0 rings (SSSR count). The molecule has 0 aromatic rings. The Hall–Kier alpha value is -4.71. The minimum Gasteiger partial charge on any atom is -0.462 e. The van der Waals surface area contributed by atoms with Gasteiger partial charge in [-0.2, -0.15) is 0 Å². The molecule has 0 aromatic carbocycles. The molecule has 0 N–H and O–H groups in total. The first kappa shape index (κ1) is 76.3. The van der Waals surface area contributed by atoms with E-state index < -0.39 is 6.10 Å². The van der Waals surface area contributed by atoms with Crippen LogP contribution in [0.25, 0.3) is 0 Å². The molecule has 6 nitrogen and oxygen atoms in total. The van der Waals surface area contributed by atoms with Gasteiger partial charge in [0.05, 0.1) is 0 Å². The molecule has 0 bridgehead atoms. The number of allylic oxidation sites excluding steroid dienone is 24. The third-order valence-corrected chi connectivity index (χ3v) is 13.8. The highest BCUT2D eigenvalue weighted by molar-refractivity contribution is 5.71. The fourth-order valence-corrected chi connectivity index (χ4v) is 8.88. The van der Waals surface area contributed by atoms with Gasteiger partial charge in [0.1, 0.15) is 13.2 Å². The number of unbranched alkanes of at least 4 members (excludes halogenated alkanes) is 24. The van der Waals surface area contributed by atoms with Gasteiger partial charge in [-0.3, -0.25) is 14.4 Å². The number of rotatable bonds is 59. The van der Waals surface area contributed by atoms with Gasteiger partial charge in [0.25, 0.3) is 0 Å². The van der Waals surface area contributed by atoms with Crippen LogP contribution in [0.1, 0.15) is 290 Å². The van der Waals surface area contributed by atoms with Crippen LogP contribution >= 0.6 is 0 Å². The van der Waals surface area contributed by atoms with Gasteiger partial charge in [-0.25, -0.2) is 0 Å². The normalized spacial score (nSPS) is 13.1. The van der Waals surface area contributed by atoms with E-state index in [4.69, 9.17) is 14.2 Å². The quantitative estimate of drug-likeness (QED) is 0.0261. The van der Waals surface area contributed by atoms with Crippen LogP contribution in [0.2, 0.25) is 0 Å². The van der Waals surface area contributed by atoms with Crippen LogP contribution < -0.4 is 0 Å². The van der Waals surface area contributed by atoms with Gasteiger partial charge in [0, 0.05) is 19.3 Å². The molecule has 0 aliphatic heterocycles. The smallest absolute Gasteiger partial charge is 0.306 e. The van der Waals surface area contributed by atoms with E-state index in [9.17, 15) is 14.4 Å². The molecule has 0 aromatic heterocycles. The van der Waals surface area contributed by atoms with Crippen LogP contribution in [0.15, 0.2) is 146 Å². The lowest BCUT2D eigenvalue weighted by molar-refractivity contribution is -0.167. The van der Waals surface area contributed by atoms with Crippen LogP contribution in [-0.4, -0.2) is 37.2 Å². The highest BCUT2D eigenvalue weighted by Gasteiger charge is 2.19. The van der Waals surface area contributed by atoms with Gasteiger partial charge >= 0.3 is 17.9 Å². The molecule has 1 unspecified atom stereocenters. The van der Waals surface area contributed by atoms with E-state index in [1.807, 2.05) is 0 Å². The molecule has 0 fully saturated rings. The molecule has 458 valence electrons. The Balaban J connectivity index is 4.41. The molecular weight excluding hydrogens is 997 g/mol. The van der Waals surface area contributed by atoms with E-state index in [-0.39, 0.29) is 31.1 Å². The number of carbonyl (C=O) groups is 3. The Morgan fingerprint density at radius 3 is 0.765 bits per heavy atom. The highest BCUT2D eigenvalue weighted by Crippen LogP contribution is 2.15. The van der Waals surface area contributed by atoms with Gasteiger partial charge < -0.3 is 14.2 Å². The summed E-state index contributed by atoms with van der Waals surface area (Å²) >= 11 is 0. The van der Waals surface area contributed by atoms with Gasteiger partial charge in [0.2, 0.25) is 0 Å². The van der Waals surface area contributed by atoms with Crippen molar-refractivity contribution < 1.29 is 28.6 Å². The summed E-state index contributed by atoms with van der Waals surface area (Å²) in [5.74, 6) is -0.968. The van der Waals surface area contributed by atoms with Gasteiger partial charge in [-0.05, 0) is 141 Å². The van der Waals surface area contributed by atoms with Crippen molar-refractivity contribution >= 4 is 17.9 Å². The van der Waals surface area contributed by atoms with E-state index in [1.165, 1.54) is 109 Å². The largest absolute Gasteiger partial charge is 0.462 e. The standard InChI is InChI=1S/C75H122O6/c1-4-7-10-13-16-19-22-25-27-29-31-33-35-37-39-41-43-45-47-50-53-56-59-62-65-68-74(77)80-71-72(70-79-73(76)67-64-61-58-55-52-49-24-21-18-15-12-9-6-3)81-75(78)69-66-63-60-57-54-51-48-46-44-42-40-38-36-34-32-30-28-26-23-20-17-14-11-8-5-2/h7,9-10,12,16,18-19,21,23,25-27,30-33,37,39,43,45,49-50,52-53,72H,4-6,8,11,13-15,17,20,22,24,28-29,34-36,38,40-42,44,46-48,51,54-71H2,1-3H3/b10-7-,12-9-,19-16-,21-18-,26-23-,27-25-,32-30-,33-31-,39-37-,45-43-,52-49-,53-50-. The van der Waals surface area contributed by atoms with Crippen LogP contribution in [0.3, 0.4) is 0 Å². The molecular formula is C75H122O6. The molecule has 0 spiro atoms. The summed E-state index contributed by atoms with van der Waals surface area (Å²) in [6.45, 7) is 6.36. The summed E-state index contributed by atoms with van der Waals surface area (Å²) in [6.07, 6.45) is 97.2. The number of ether oxygens (including phenoxy) is 3. The Morgan fingerprint density at radius 2 is 0.481 bits per heavy atom. The maximum Gasteiger partial charge on any atom is 0.306 e. The first-order valence-corrected chi connectivity index (χ1v) is 33.3. The molecule has 0 saturated heterocycles. The van der Waals surface area contributed by atoms with Gasteiger partial charge in [-0.15, -0.1) is 0 Å². The lowest BCUT2D eigenvalue weighted by Gasteiger charge is -2.18. The van der Waals surface area contributed by atoms with Crippen molar-refractivity contribution in [2.24, 2.45) is 0 Å². The zero-order valence-electron chi connectivity index (χ0n) is 52.5. The third kappa shape index (κ3) is 66.0. The number of hydrogen-bond donors (Lipinski definition) is 0. The lowest BCUT2D eigenvalue weighted by Crippen LogP contribution is -2.30. The van der Waals surface area contributed by atoms with Crippen LogP contribution in [-0.2, 0) is 28.6 Å². The summed E-state index contributed by atoms with van der Waals surface area (Å²) < 4.78 is 16.9. The maximum absolute atomic E-state index is 12.9. The van der Waals surface area contributed by atoms with Crippen molar-refractivity contribution in [3.05, 3.63) is 146 Å². The Kier molecular flexibility index (Phi) is 63.9. The minimum atomic E-state index is -0.812. The average Bonchev–Trinajstić information content (AvgIpc) is 3.46. The number of carbonyl (C=O) groups excluding carboxylic acids is 3. The SMILES string of the molecule is CC/C=C\C/C=C\C/C=C\C/C=C\C/C=C\C/C=C\C/C=C\CCCCCC(=O)OCC(COC(=O)CCCCC/C=C\C/C=C\C/C=C\CC)OC(=O)CCCCCCCCCCCCCCC/C=C\C/C=C\CCCCCCC. The summed E-state index contributed by atoms with van der Waals surface area (Å²) in [7, 11) is 0. The predicted molar refractivity (Wildman–Crippen MR) is 352 cm³/mol. The summed E-state index contributed by atoms with van der Waals surface area (Å²) in [5.41, 5.74) is 0. The molecule has 0 aliphatic rings. The molecule has 0 aliphatic carbocycles. The molecule has 0 radical (unpaired) electrons. The Morgan fingerprint density at radius 1 is 0.259 bits per heavy atom. The van der Waals surface area contributed by atoms with E-state index in [1.54, 1.807) is 0 Å². The van der Waals surface area contributed by atoms with E-state index in [2.05, 4.69) is 167 Å². The average molecular weight is 1120 g/mol. The number of hydrogen-bond acceptors (Lipinski definition) is 6. The molecule has 0 amide bonds. The Bertz CT molecular complexity index is 1760. The summed E-state index contributed by atoms with van der Waals surface area (Å²) in [6, 6.07) is 0. The van der Waals surface area contributed by atoms with Gasteiger partial charge in [0.15, 0.2) is 6.10 Å². The zero-order valence-corrected chi connectivity index (χ0v) is 52.5. The third-order valence-electron chi connectivity index (χ3n) is 13.8. The fraction of sp³-hybridized carbons (Fsp3) is 0.640. The fourth-order valence-electron chi connectivity index (χ4n) is 8.88. The first-order valence-electron chi connectivity index (χ1n) is 33.3. The first-order chi connectivity index (χ1) is 40.0. The molecule has 1 atom stereocenters. The van der Waals surface area contributed by atoms with Crippen LogP contribution in [0.5, 0.6) is 0 Å². The van der Waals surface area contributed by atoms with Gasteiger partial charge in [-0.1, -0.05) is 276 Å². The van der Waals surface area contributed by atoms with Crippen molar-refractivity contribution in [3.8, 4) is 0 Å². The maximum atomic E-state index is 12.9. The van der Waals surface area contributed by atoms with Crippen molar-refractivity contribution in [2.45, 2.75) is 297 Å². The van der Waals surface area contributed by atoms with Crippen LogP contribution in [0, 0.1) is 0 Å². The van der Waals surface area contributed by atoms with Crippen molar-refractivity contribution in [1.29, 1.82) is 0 Å². The topological polar surface area (TPSA) is 78.9 Å². The predicted octanol–water partition coefficient (Wildman–Crippen LogP) is 23.1. The summed E-state index contributed by atoms with van der Waals surface area (Å²) in [5, 5.41) is 0. The second-order valence-electron chi connectivity index (χ2n) is 21.6. The second kappa shape index (κ2) is 67.8. The number of esters is 3. The monoisotopic (exact) mass is 1120 g/mol. The van der Waals surface area contributed by atoms with Crippen molar-refractivity contribution in [1.82, 2.24) is 0 Å². The Labute approximate surface area is 499 Å². The van der Waals surface area contributed by atoms with Crippen LogP contribution in [0.4, 0.5) is 0 Å². The van der Waals surface area contributed by atoms with Crippen molar-refractivity contribution in [2.75, 3.05) is 13.2 Å². The van der Waals surface area contributed by atoms with E-state index >= 15 is 0 Å². The lowest BCUT2D eigenvalue weighted by atomic mass is 10.0. The molecule has 0 heterocycles. The van der Waals surface area contributed by atoms with E-state index in [0.717, 1.165) is 141 Å².